The standard InChI is InChI=1S/C16H29NS/c1-4-18-16-7-5-6-15(16)17-11-14-9-12(2)8-13(3)10-14/h8,12,14-17H,4-7,9-11H2,1-3H3. The Morgan fingerprint density at radius 2 is 2.22 bits per heavy atom. The van der Waals surface area contributed by atoms with Gasteiger partial charge in [0.2, 0.25) is 0 Å². The summed E-state index contributed by atoms with van der Waals surface area (Å²) in [5.74, 6) is 2.93. The van der Waals surface area contributed by atoms with Crippen molar-refractivity contribution in [1.82, 2.24) is 5.32 Å². The lowest BCUT2D eigenvalue weighted by molar-refractivity contribution is 0.361. The summed E-state index contributed by atoms with van der Waals surface area (Å²) >= 11 is 2.16. The van der Waals surface area contributed by atoms with Crippen molar-refractivity contribution in [2.75, 3.05) is 12.3 Å². The van der Waals surface area contributed by atoms with Crippen molar-refractivity contribution in [2.24, 2.45) is 11.8 Å². The molecule has 0 amide bonds. The minimum atomic E-state index is 0.787. The minimum absolute atomic E-state index is 0.787. The smallest absolute Gasteiger partial charge is 0.0201 e. The molecule has 0 heterocycles. The molecule has 1 N–H and O–H groups in total. The van der Waals surface area contributed by atoms with Gasteiger partial charge in [-0.15, -0.1) is 0 Å². The zero-order valence-electron chi connectivity index (χ0n) is 12.2. The Morgan fingerprint density at radius 3 is 2.94 bits per heavy atom. The van der Waals surface area contributed by atoms with E-state index in [9.17, 15) is 0 Å². The number of thioether (sulfide) groups is 1. The predicted octanol–water partition coefficient (Wildman–Crippen LogP) is 4.24. The summed E-state index contributed by atoms with van der Waals surface area (Å²) in [4.78, 5) is 0. The van der Waals surface area contributed by atoms with E-state index in [1.54, 1.807) is 5.57 Å². The maximum atomic E-state index is 3.88. The highest BCUT2D eigenvalue weighted by Crippen LogP contribution is 2.31. The van der Waals surface area contributed by atoms with Crippen molar-refractivity contribution >= 4 is 11.8 Å². The van der Waals surface area contributed by atoms with Crippen LogP contribution in [0.5, 0.6) is 0 Å². The Hall–Kier alpha value is 0.0500. The van der Waals surface area contributed by atoms with E-state index < -0.39 is 0 Å². The van der Waals surface area contributed by atoms with Crippen LogP contribution in [0.2, 0.25) is 0 Å². The van der Waals surface area contributed by atoms with Gasteiger partial charge in [-0.05, 0) is 56.7 Å². The Bertz CT molecular complexity index is 287. The predicted molar refractivity (Wildman–Crippen MR) is 83.2 cm³/mol. The highest BCUT2D eigenvalue weighted by Gasteiger charge is 2.27. The average Bonchev–Trinajstić information content (AvgIpc) is 2.73. The minimum Gasteiger partial charge on any atom is -0.313 e. The van der Waals surface area contributed by atoms with E-state index in [1.807, 2.05) is 0 Å². The third kappa shape index (κ3) is 4.03. The van der Waals surface area contributed by atoms with Crippen LogP contribution in [-0.2, 0) is 0 Å². The van der Waals surface area contributed by atoms with Crippen LogP contribution in [0, 0.1) is 11.8 Å². The van der Waals surface area contributed by atoms with Gasteiger partial charge in [0.1, 0.15) is 0 Å². The molecule has 4 unspecified atom stereocenters. The van der Waals surface area contributed by atoms with E-state index >= 15 is 0 Å². The average molecular weight is 267 g/mol. The number of rotatable bonds is 5. The number of allylic oxidation sites excluding steroid dienone is 2. The van der Waals surface area contributed by atoms with Crippen LogP contribution < -0.4 is 5.32 Å². The second kappa shape index (κ2) is 7.00. The van der Waals surface area contributed by atoms with Crippen LogP contribution in [0.4, 0.5) is 0 Å². The van der Waals surface area contributed by atoms with Crippen molar-refractivity contribution in [1.29, 1.82) is 0 Å². The molecular formula is C16H29NS. The van der Waals surface area contributed by atoms with Crippen molar-refractivity contribution in [3.05, 3.63) is 11.6 Å². The number of nitrogens with one attached hydrogen (secondary N) is 1. The Labute approximate surface area is 117 Å². The van der Waals surface area contributed by atoms with Crippen molar-refractivity contribution in [2.45, 2.75) is 64.2 Å². The second-order valence-corrected chi connectivity index (χ2v) is 7.75. The molecule has 1 fully saturated rings. The lowest BCUT2D eigenvalue weighted by atomic mass is 9.83. The molecule has 1 saturated carbocycles. The third-order valence-electron chi connectivity index (χ3n) is 4.39. The molecule has 2 heteroatoms. The summed E-state index contributed by atoms with van der Waals surface area (Å²) in [6.07, 6.45) is 9.40. The van der Waals surface area contributed by atoms with Crippen LogP contribution in [0.15, 0.2) is 11.6 Å². The summed E-state index contributed by atoms with van der Waals surface area (Å²) in [5, 5.41) is 4.76. The fraction of sp³-hybridized carbons (Fsp3) is 0.875. The largest absolute Gasteiger partial charge is 0.313 e. The molecule has 0 aliphatic heterocycles. The first kappa shape index (κ1) is 14.5. The summed E-state index contributed by atoms with van der Waals surface area (Å²) < 4.78 is 0. The highest BCUT2D eigenvalue weighted by molar-refractivity contribution is 7.99. The first-order chi connectivity index (χ1) is 8.69. The molecule has 0 bridgehead atoms. The van der Waals surface area contributed by atoms with Crippen LogP contribution in [0.1, 0.15) is 52.9 Å². The summed E-state index contributed by atoms with van der Waals surface area (Å²) in [5.41, 5.74) is 1.60. The molecule has 0 aromatic carbocycles. The van der Waals surface area contributed by atoms with Gasteiger partial charge in [0.05, 0.1) is 0 Å². The van der Waals surface area contributed by atoms with Gasteiger partial charge in [0.25, 0.3) is 0 Å². The van der Waals surface area contributed by atoms with Crippen molar-refractivity contribution in [3.8, 4) is 0 Å². The molecule has 2 aliphatic rings. The van der Waals surface area contributed by atoms with E-state index in [1.165, 1.54) is 44.4 Å². The normalized spacial score (nSPS) is 36.7. The van der Waals surface area contributed by atoms with Crippen LogP contribution >= 0.6 is 11.8 Å². The molecule has 0 radical (unpaired) electrons. The molecule has 2 aliphatic carbocycles. The summed E-state index contributed by atoms with van der Waals surface area (Å²) in [6.45, 7) is 8.19. The molecular weight excluding hydrogens is 238 g/mol. The SMILES string of the molecule is CCSC1CCCC1NCC1CC(C)=CC(C)C1. The molecule has 0 spiro atoms. The number of hydrogen-bond donors (Lipinski definition) is 1. The van der Waals surface area contributed by atoms with Crippen molar-refractivity contribution in [3.63, 3.8) is 0 Å². The van der Waals surface area contributed by atoms with Gasteiger partial charge >= 0.3 is 0 Å². The van der Waals surface area contributed by atoms with Gasteiger partial charge < -0.3 is 5.32 Å². The first-order valence-corrected chi connectivity index (χ1v) is 8.76. The molecule has 18 heavy (non-hydrogen) atoms. The molecule has 4 atom stereocenters. The Morgan fingerprint density at radius 1 is 1.39 bits per heavy atom. The monoisotopic (exact) mass is 267 g/mol. The quantitative estimate of drug-likeness (QED) is 0.748. The van der Waals surface area contributed by atoms with Gasteiger partial charge in [-0.25, -0.2) is 0 Å². The van der Waals surface area contributed by atoms with E-state index in [-0.39, 0.29) is 0 Å². The summed E-state index contributed by atoms with van der Waals surface area (Å²) in [7, 11) is 0. The van der Waals surface area contributed by atoms with E-state index in [0.717, 1.165) is 23.1 Å². The zero-order chi connectivity index (χ0) is 13.0. The van der Waals surface area contributed by atoms with Crippen LogP contribution in [0.25, 0.3) is 0 Å². The topological polar surface area (TPSA) is 12.0 Å². The fourth-order valence-corrected chi connectivity index (χ4v) is 4.96. The maximum Gasteiger partial charge on any atom is 0.0201 e. The van der Waals surface area contributed by atoms with E-state index in [4.69, 9.17) is 0 Å². The highest BCUT2D eigenvalue weighted by atomic mass is 32.2. The van der Waals surface area contributed by atoms with Gasteiger partial charge in [-0.2, -0.15) is 11.8 Å². The third-order valence-corrected chi connectivity index (χ3v) is 5.71. The lowest BCUT2D eigenvalue weighted by Gasteiger charge is -2.28. The number of hydrogen-bond acceptors (Lipinski definition) is 2. The van der Waals surface area contributed by atoms with E-state index in [2.05, 4.69) is 43.9 Å². The van der Waals surface area contributed by atoms with Crippen LogP contribution in [0.3, 0.4) is 0 Å². The Kier molecular flexibility index (Phi) is 5.62. The molecule has 0 aromatic heterocycles. The van der Waals surface area contributed by atoms with Gasteiger partial charge in [-0.1, -0.05) is 31.9 Å². The molecule has 0 saturated heterocycles. The molecule has 104 valence electrons. The first-order valence-electron chi connectivity index (χ1n) is 7.71. The van der Waals surface area contributed by atoms with Gasteiger partial charge in [-0.3, -0.25) is 0 Å². The fourth-order valence-electron chi connectivity index (χ4n) is 3.73. The molecule has 1 nitrogen and oxygen atoms in total. The summed E-state index contributed by atoms with van der Waals surface area (Å²) in [6, 6.07) is 0.788. The van der Waals surface area contributed by atoms with Crippen LogP contribution in [-0.4, -0.2) is 23.6 Å². The second-order valence-electron chi connectivity index (χ2n) is 6.24. The Balaban J connectivity index is 1.76. The zero-order valence-corrected chi connectivity index (χ0v) is 13.1. The van der Waals surface area contributed by atoms with Gasteiger partial charge in [0.15, 0.2) is 0 Å². The van der Waals surface area contributed by atoms with Gasteiger partial charge in [0, 0.05) is 11.3 Å². The lowest BCUT2D eigenvalue weighted by Crippen LogP contribution is -2.38. The van der Waals surface area contributed by atoms with Crippen molar-refractivity contribution < 1.29 is 0 Å². The molecule has 2 rings (SSSR count). The van der Waals surface area contributed by atoms with E-state index in [0.29, 0.717) is 0 Å². The molecule has 0 aromatic rings. The maximum absolute atomic E-state index is 3.88.